The minimum Gasteiger partial charge on any atom is -0.127 e. The van der Waals surface area contributed by atoms with Gasteiger partial charge >= 0.3 is 0 Å². The monoisotopic (exact) mass is 142 g/mol. The lowest BCUT2D eigenvalue weighted by Gasteiger charge is -2.21. The highest BCUT2D eigenvalue weighted by Gasteiger charge is 2.15. The molecule has 0 spiro atoms. The molecule has 0 bridgehead atoms. The van der Waals surface area contributed by atoms with E-state index in [2.05, 4.69) is 19.3 Å². The van der Waals surface area contributed by atoms with Crippen LogP contribution in [0.4, 0.5) is 0 Å². The van der Waals surface area contributed by atoms with Crippen molar-refractivity contribution in [3.05, 3.63) is 11.0 Å². The molecule has 1 heterocycles. The standard InChI is InChI=1S/C8H14S/c1-3-4-5-8-6-9-7(8)2/h6-7H,3-5H2,1-2H3. The Morgan fingerprint density at radius 1 is 1.67 bits per heavy atom. The van der Waals surface area contributed by atoms with E-state index < -0.39 is 0 Å². The highest BCUT2D eigenvalue weighted by molar-refractivity contribution is 8.04. The third kappa shape index (κ3) is 1.75. The molecule has 1 aliphatic rings. The molecule has 1 unspecified atom stereocenters. The van der Waals surface area contributed by atoms with E-state index in [0.29, 0.717) is 0 Å². The van der Waals surface area contributed by atoms with Crippen molar-refractivity contribution < 1.29 is 0 Å². The van der Waals surface area contributed by atoms with Crippen LogP contribution in [0.3, 0.4) is 0 Å². The molecule has 0 N–H and O–H groups in total. The second-order valence-corrected chi connectivity index (χ2v) is 3.79. The summed E-state index contributed by atoms with van der Waals surface area (Å²) in [4.78, 5) is 0. The van der Waals surface area contributed by atoms with E-state index in [0.717, 1.165) is 5.25 Å². The Morgan fingerprint density at radius 3 is 2.78 bits per heavy atom. The highest BCUT2D eigenvalue weighted by Crippen LogP contribution is 2.35. The number of thioether (sulfide) groups is 1. The first kappa shape index (κ1) is 7.20. The molecular formula is C8H14S. The minimum absolute atomic E-state index is 0.830. The zero-order valence-corrected chi connectivity index (χ0v) is 7.00. The third-order valence-electron chi connectivity index (χ3n) is 1.76. The zero-order chi connectivity index (χ0) is 6.69. The molecule has 1 heteroatoms. The molecule has 1 atom stereocenters. The van der Waals surface area contributed by atoms with Crippen LogP contribution in [0.15, 0.2) is 11.0 Å². The molecule has 9 heavy (non-hydrogen) atoms. The molecule has 0 radical (unpaired) electrons. The Balaban J connectivity index is 2.14. The summed E-state index contributed by atoms with van der Waals surface area (Å²) in [6.45, 7) is 4.53. The smallest absolute Gasteiger partial charge is 0.0277 e. The average molecular weight is 142 g/mol. The minimum atomic E-state index is 0.830. The Hall–Kier alpha value is 0.0900. The summed E-state index contributed by atoms with van der Waals surface area (Å²) >= 11 is 1.96. The quantitative estimate of drug-likeness (QED) is 0.583. The maximum Gasteiger partial charge on any atom is 0.0277 e. The molecule has 0 amide bonds. The van der Waals surface area contributed by atoms with E-state index in [1.807, 2.05) is 11.8 Å². The SMILES string of the molecule is CCCCC1=CSC1C. The van der Waals surface area contributed by atoms with Crippen molar-refractivity contribution in [3.8, 4) is 0 Å². The molecule has 0 fully saturated rings. The third-order valence-corrected chi connectivity index (χ3v) is 2.91. The molecule has 52 valence electrons. The van der Waals surface area contributed by atoms with Crippen LogP contribution in [-0.2, 0) is 0 Å². The lowest BCUT2D eigenvalue weighted by molar-refractivity contribution is 0.767. The van der Waals surface area contributed by atoms with Crippen molar-refractivity contribution in [1.82, 2.24) is 0 Å². The maximum absolute atomic E-state index is 2.31. The van der Waals surface area contributed by atoms with Gasteiger partial charge in [0, 0.05) is 5.25 Å². The van der Waals surface area contributed by atoms with Gasteiger partial charge in [0.05, 0.1) is 0 Å². The molecule has 1 rings (SSSR count). The summed E-state index contributed by atoms with van der Waals surface area (Å²) in [6, 6.07) is 0. The van der Waals surface area contributed by atoms with Gasteiger partial charge in [-0.05, 0) is 25.2 Å². The van der Waals surface area contributed by atoms with Crippen LogP contribution in [-0.4, -0.2) is 5.25 Å². The normalized spacial score (nSPS) is 25.1. The summed E-state index contributed by atoms with van der Waals surface area (Å²) < 4.78 is 0. The Labute approximate surface area is 61.7 Å². The molecule has 1 aliphatic heterocycles. The topological polar surface area (TPSA) is 0 Å². The van der Waals surface area contributed by atoms with Crippen molar-refractivity contribution >= 4 is 11.8 Å². The van der Waals surface area contributed by atoms with Crippen LogP contribution in [0.5, 0.6) is 0 Å². The molecular weight excluding hydrogens is 128 g/mol. The van der Waals surface area contributed by atoms with Crippen LogP contribution < -0.4 is 0 Å². The van der Waals surface area contributed by atoms with Gasteiger partial charge < -0.3 is 0 Å². The molecule has 0 aliphatic carbocycles. The van der Waals surface area contributed by atoms with E-state index >= 15 is 0 Å². The van der Waals surface area contributed by atoms with Gasteiger partial charge in [0.2, 0.25) is 0 Å². The fourth-order valence-corrected chi connectivity index (χ4v) is 1.78. The van der Waals surface area contributed by atoms with Crippen molar-refractivity contribution in [3.63, 3.8) is 0 Å². The second-order valence-electron chi connectivity index (χ2n) is 2.57. The lowest BCUT2D eigenvalue weighted by Crippen LogP contribution is -2.07. The molecule has 0 nitrogen and oxygen atoms in total. The average Bonchev–Trinajstić information content (AvgIpc) is 1.86. The van der Waals surface area contributed by atoms with Crippen molar-refractivity contribution in [2.75, 3.05) is 0 Å². The number of hydrogen-bond acceptors (Lipinski definition) is 1. The van der Waals surface area contributed by atoms with Gasteiger partial charge in [-0.1, -0.05) is 18.9 Å². The summed E-state index contributed by atoms with van der Waals surface area (Å²) in [7, 11) is 0. The molecule has 0 aromatic rings. The van der Waals surface area contributed by atoms with E-state index in [-0.39, 0.29) is 0 Å². The molecule has 0 aromatic heterocycles. The Bertz CT molecular complexity index is 116. The van der Waals surface area contributed by atoms with E-state index in [9.17, 15) is 0 Å². The van der Waals surface area contributed by atoms with E-state index in [1.54, 1.807) is 5.57 Å². The molecule has 0 saturated carbocycles. The van der Waals surface area contributed by atoms with Crippen molar-refractivity contribution in [2.24, 2.45) is 0 Å². The van der Waals surface area contributed by atoms with Crippen LogP contribution in [0.25, 0.3) is 0 Å². The molecule has 0 aromatic carbocycles. The predicted molar refractivity (Wildman–Crippen MR) is 44.7 cm³/mol. The predicted octanol–water partition coefficient (Wildman–Crippen LogP) is 3.20. The van der Waals surface area contributed by atoms with Gasteiger partial charge in [-0.2, -0.15) is 0 Å². The Kier molecular flexibility index (Phi) is 2.65. The first-order valence-electron chi connectivity index (χ1n) is 3.69. The first-order valence-corrected chi connectivity index (χ1v) is 4.63. The van der Waals surface area contributed by atoms with Gasteiger partial charge in [-0.15, -0.1) is 11.8 Å². The molecule has 0 saturated heterocycles. The van der Waals surface area contributed by atoms with Crippen LogP contribution in [0, 0.1) is 0 Å². The summed E-state index contributed by atoms with van der Waals surface area (Å²) in [5.74, 6) is 0. The van der Waals surface area contributed by atoms with E-state index in [1.165, 1.54) is 19.3 Å². The summed E-state index contributed by atoms with van der Waals surface area (Å²) in [5, 5.41) is 3.14. The number of hydrogen-bond donors (Lipinski definition) is 0. The zero-order valence-electron chi connectivity index (χ0n) is 6.18. The van der Waals surface area contributed by atoms with Crippen LogP contribution in [0.1, 0.15) is 33.1 Å². The van der Waals surface area contributed by atoms with Crippen molar-refractivity contribution in [2.45, 2.75) is 38.4 Å². The summed E-state index contributed by atoms with van der Waals surface area (Å²) in [5.41, 5.74) is 1.67. The Morgan fingerprint density at radius 2 is 2.44 bits per heavy atom. The summed E-state index contributed by atoms with van der Waals surface area (Å²) in [6.07, 6.45) is 4.04. The fourth-order valence-electron chi connectivity index (χ4n) is 0.943. The second kappa shape index (κ2) is 3.31. The fraction of sp³-hybridized carbons (Fsp3) is 0.750. The van der Waals surface area contributed by atoms with Gasteiger partial charge in [-0.25, -0.2) is 0 Å². The largest absolute Gasteiger partial charge is 0.127 e. The van der Waals surface area contributed by atoms with Gasteiger partial charge in [0.1, 0.15) is 0 Å². The van der Waals surface area contributed by atoms with Gasteiger partial charge in [0.15, 0.2) is 0 Å². The van der Waals surface area contributed by atoms with E-state index in [4.69, 9.17) is 0 Å². The number of rotatable bonds is 3. The van der Waals surface area contributed by atoms with Gasteiger partial charge in [0.25, 0.3) is 0 Å². The van der Waals surface area contributed by atoms with Crippen LogP contribution in [0.2, 0.25) is 0 Å². The highest BCUT2D eigenvalue weighted by atomic mass is 32.2. The van der Waals surface area contributed by atoms with Gasteiger partial charge in [-0.3, -0.25) is 0 Å². The first-order chi connectivity index (χ1) is 4.34. The van der Waals surface area contributed by atoms with Crippen molar-refractivity contribution in [1.29, 1.82) is 0 Å². The maximum atomic E-state index is 2.31. The number of unbranched alkanes of at least 4 members (excludes halogenated alkanes) is 1. The van der Waals surface area contributed by atoms with Crippen LogP contribution >= 0.6 is 11.8 Å². The lowest BCUT2D eigenvalue weighted by atomic mass is 10.1.